The third-order valence-corrected chi connectivity index (χ3v) is 3.81. The lowest BCUT2D eigenvalue weighted by atomic mass is 10.1. The third kappa shape index (κ3) is 3.16. The molecule has 0 atom stereocenters. The SMILES string of the molecule is CC(C)n1nc(Br)c2c1CCN(C(=O)OC(C)(C)C)C2. The van der Waals surface area contributed by atoms with Gasteiger partial charge in [-0.2, -0.15) is 5.10 Å². The number of hydrogen-bond donors (Lipinski definition) is 0. The molecule has 0 unspecified atom stereocenters. The standard InChI is InChI=1S/C14H22BrN3O2/c1-9(2)18-11-6-7-17(8-10(11)12(15)16-18)13(19)20-14(3,4)5/h9H,6-8H2,1-5H3. The van der Waals surface area contributed by atoms with Gasteiger partial charge in [-0.1, -0.05) is 0 Å². The Balaban J connectivity index is 2.17. The molecule has 0 bridgehead atoms. The Hall–Kier alpha value is -1.04. The average molecular weight is 344 g/mol. The molecule has 0 saturated carbocycles. The highest BCUT2D eigenvalue weighted by Crippen LogP contribution is 2.29. The van der Waals surface area contributed by atoms with Crippen LogP contribution in [0, 0.1) is 0 Å². The molecular formula is C14H22BrN3O2. The van der Waals surface area contributed by atoms with E-state index in [1.165, 1.54) is 5.69 Å². The molecule has 1 aliphatic rings. The summed E-state index contributed by atoms with van der Waals surface area (Å²) in [5.74, 6) is 0. The number of ether oxygens (including phenoxy) is 1. The van der Waals surface area contributed by atoms with Crippen LogP contribution in [0.3, 0.4) is 0 Å². The third-order valence-electron chi connectivity index (χ3n) is 3.18. The topological polar surface area (TPSA) is 47.4 Å². The van der Waals surface area contributed by atoms with Crippen molar-refractivity contribution in [3.05, 3.63) is 15.9 Å². The van der Waals surface area contributed by atoms with Gasteiger partial charge < -0.3 is 9.64 Å². The lowest BCUT2D eigenvalue weighted by Gasteiger charge is -2.30. The van der Waals surface area contributed by atoms with E-state index in [1.54, 1.807) is 4.90 Å². The first-order chi connectivity index (χ1) is 9.19. The van der Waals surface area contributed by atoms with Crippen LogP contribution in [0.2, 0.25) is 0 Å². The van der Waals surface area contributed by atoms with Gasteiger partial charge in [-0.05, 0) is 50.5 Å². The molecule has 5 nitrogen and oxygen atoms in total. The van der Waals surface area contributed by atoms with E-state index in [2.05, 4.69) is 34.9 Å². The van der Waals surface area contributed by atoms with Crippen molar-refractivity contribution in [3.63, 3.8) is 0 Å². The van der Waals surface area contributed by atoms with Crippen LogP contribution >= 0.6 is 15.9 Å². The molecule has 0 radical (unpaired) electrons. The summed E-state index contributed by atoms with van der Waals surface area (Å²) in [6.07, 6.45) is 0.554. The number of amides is 1. The maximum absolute atomic E-state index is 12.1. The van der Waals surface area contributed by atoms with Crippen molar-refractivity contribution in [1.82, 2.24) is 14.7 Å². The van der Waals surface area contributed by atoms with Crippen LogP contribution in [0.5, 0.6) is 0 Å². The van der Waals surface area contributed by atoms with Gasteiger partial charge in [-0.15, -0.1) is 0 Å². The Bertz CT molecular complexity index is 517. The molecule has 1 aliphatic heterocycles. The zero-order valence-corrected chi connectivity index (χ0v) is 14.3. The first kappa shape index (κ1) is 15.4. The van der Waals surface area contributed by atoms with Crippen LogP contribution in [0.4, 0.5) is 4.79 Å². The summed E-state index contributed by atoms with van der Waals surface area (Å²) in [6, 6.07) is 0.322. The molecule has 0 N–H and O–H groups in total. The van der Waals surface area contributed by atoms with Crippen molar-refractivity contribution in [3.8, 4) is 0 Å². The van der Waals surface area contributed by atoms with E-state index >= 15 is 0 Å². The summed E-state index contributed by atoms with van der Waals surface area (Å²) in [6.45, 7) is 11.1. The van der Waals surface area contributed by atoms with Gasteiger partial charge in [0.2, 0.25) is 0 Å². The summed E-state index contributed by atoms with van der Waals surface area (Å²) < 4.78 is 8.29. The predicted octanol–water partition coefficient (Wildman–Crippen LogP) is 3.52. The average Bonchev–Trinajstić information content (AvgIpc) is 2.64. The number of nitrogens with zero attached hydrogens (tertiary/aromatic N) is 3. The number of carbonyl (C=O) groups is 1. The van der Waals surface area contributed by atoms with Crippen molar-refractivity contribution >= 4 is 22.0 Å². The fraction of sp³-hybridized carbons (Fsp3) is 0.714. The number of hydrogen-bond acceptors (Lipinski definition) is 3. The summed E-state index contributed by atoms with van der Waals surface area (Å²) >= 11 is 3.50. The zero-order chi connectivity index (χ0) is 15.1. The number of fused-ring (bicyclic) bond motifs is 1. The second kappa shape index (κ2) is 5.39. The Kier molecular flexibility index (Phi) is 4.14. The first-order valence-corrected chi connectivity index (χ1v) is 7.72. The molecule has 1 aromatic heterocycles. The van der Waals surface area contributed by atoms with E-state index in [4.69, 9.17) is 4.74 Å². The van der Waals surface area contributed by atoms with Gasteiger partial charge in [-0.25, -0.2) is 4.79 Å². The maximum Gasteiger partial charge on any atom is 0.410 e. The minimum atomic E-state index is -0.462. The minimum Gasteiger partial charge on any atom is -0.444 e. The second-order valence-corrected chi connectivity index (χ2v) is 7.16. The summed E-state index contributed by atoms with van der Waals surface area (Å²) in [4.78, 5) is 13.9. The normalized spacial score (nSPS) is 15.4. The fourth-order valence-corrected chi connectivity index (χ4v) is 2.84. The molecule has 2 rings (SSSR count). The molecule has 0 spiro atoms. The Morgan fingerprint density at radius 3 is 2.60 bits per heavy atom. The number of rotatable bonds is 1. The van der Waals surface area contributed by atoms with E-state index in [0.717, 1.165) is 16.6 Å². The van der Waals surface area contributed by atoms with Gasteiger partial charge in [0.25, 0.3) is 0 Å². The Morgan fingerprint density at radius 2 is 2.05 bits per heavy atom. The van der Waals surface area contributed by atoms with Crippen molar-refractivity contribution in [2.24, 2.45) is 0 Å². The van der Waals surface area contributed by atoms with Crippen molar-refractivity contribution in [2.45, 2.75) is 59.2 Å². The molecule has 1 amide bonds. The number of carbonyl (C=O) groups excluding carboxylic acids is 1. The van der Waals surface area contributed by atoms with E-state index < -0.39 is 5.60 Å². The van der Waals surface area contributed by atoms with E-state index in [9.17, 15) is 4.79 Å². The lowest BCUT2D eigenvalue weighted by molar-refractivity contribution is 0.0222. The number of halogens is 1. The minimum absolute atomic E-state index is 0.257. The second-order valence-electron chi connectivity index (χ2n) is 6.41. The predicted molar refractivity (Wildman–Crippen MR) is 80.7 cm³/mol. The van der Waals surface area contributed by atoms with Crippen LogP contribution in [0.25, 0.3) is 0 Å². The summed E-state index contributed by atoms with van der Waals surface area (Å²) in [7, 11) is 0. The largest absolute Gasteiger partial charge is 0.444 e. The molecule has 0 fully saturated rings. The van der Waals surface area contributed by atoms with Crippen LogP contribution < -0.4 is 0 Å². The monoisotopic (exact) mass is 343 g/mol. The van der Waals surface area contributed by atoms with Gasteiger partial charge in [0.05, 0.1) is 6.54 Å². The quantitative estimate of drug-likeness (QED) is 0.783. The molecule has 6 heteroatoms. The Morgan fingerprint density at radius 1 is 1.40 bits per heavy atom. The number of aromatic nitrogens is 2. The van der Waals surface area contributed by atoms with Gasteiger partial charge in [0, 0.05) is 30.3 Å². The fourth-order valence-electron chi connectivity index (χ4n) is 2.31. The van der Waals surface area contributed by atoms with Crippen LogP contribution in [0.15, 0.2) is 4.60 Å². The molecule has 112 valence electrons. The van der Waals surface area contributed by atoms with Crippen LogP contribution in [-0.2, 0) is 17.7 Å². The summed E-state index contributed by atoms with van der Waals surface area (Å²) in [5.41, 5.74) is 1.85. The summed E-state index contributed by atoms with van der Waals surface area (Å²) in [5, 5.41) is 4.51. The van der Waals surface area contributed by atoms with E-state index in [-0.39, 0.29) is 6.09 Å². The maximum atomic E-state index is 12.1. The van der Waals surface area contributed by atoms with Crippen molar-refractivity contribution in [2.75, 3.05) is 6.54 Å². The lowest BCUT2D eigenvalue weighted by Crippen LogP contribution is -2.40. The van der Waals surface area contributed by atoms with Gasteiger partial charge >= 0.3 is 6.09 Å². The van der Waals surface area contributed by atoms with Crippen LogP contribution in [-0.4, -0.2) is 32.9 Å². The highest BCUT2D eigenvalue weighted by Gasteiger charge is 2.29. The van der Waals surface area contributed by atoms with Gasteiger partial charge in [0.15, 0.2) is 0 Å². The smallest absolute Gasteiger partial charge is 0.410 e. The van der Waals surface area contributed by atoms with Crippen molar-refractivity contribution < 1.29 is 9.53 Å². The molecule has 0 aromatic carbocycles. The highest BCUT2D eigenvalue weighted by atomic mass is 79.9. The molecular weight excluding hydrogens is 322 g/mol. The van der Waals surface area contributed by atoms with Gasteiger partial charge in [-0.3, -0.25) is 4.68 Å². The van der Waals surface area contributed by atoms with Crippen LogP contribution in [0.1, 0.15) is 51.9 Å². The Labute approximate surface area is 128 Å². The highest BCUT2D eigenvalue weighted by molar-refractivity contribution is 9.10. The molecule has 1 aromatic rings. The first-order valence-electron chi connectivity index (χ1n) is 6.92. The molecule has 2 heterocycles. The van der Waals surface area contributed by atoms with Gasteiger partial charge in [0.1, 0.15) is 10.2 Å². The van der Waals surface area contributed by atoms with E-state index in [1.807, 2.05) is 25.5 Å². The van der Waals surface area contributed by atoms with Crippen molar-refractivity contribution in [1.29, 1.82) is 0 Å². The zero-order valence-electron chi connectivity index (χ0n) is 12.7. The molecule has 20 heavy (non-hydrogen) atoms. The molecule has 0 saturated heterocycles. The molecule has 0 aliphatic carbocycles. The van der Waals surface area contributed by atoms with E-state index in [0.29, 0.717) is 19.1 Å².